The Morgan fingerprint density at radius 2 is 1.57 bits per heavy atom. The molecule has 0 bridgehead atoms. The molecule has 2 aliphatic rings. The zero-order valence-corrected chi connectivity index (χ0v) is 13.0. The monoisotopic (exact) mass is 337 g/mol. The molecule has 0 spiro atoms. The predicted molar refractivity (Wildman–Crippen MR) is 81.6 cm³/mol. The normalized spacial score (nSPS) is 22.6. The number of barbiturate groups is 1. The van der Waals surface area contributed by atoms with Crippen LogP contribution < -0.4 is 10.6 Å². The molecular weight excluding hydrogens is 322 g/mol. The number of carbonyl (C=O) groups excluding carboxylic acids is 3. The fourth-order valence-corrected chi connectivity index (χ4v) is 3.27. The van der Waals surface area contributed by atoms with Gasteiger partial charge in [-0.15, -0.1) is 0 Å². The summed E-state index contributed by atoms with van der Waals surface area (Å²) in [5.41, 5.74) is -1.21. The summed E-state index contributed by atoms with van der Waals surface area (Å²) in [5, 5.41) is 14.5. The number of imide groups is 2. The van der Waals surface area contributed by atoms with Gasteiger partial charge in [-0.25, -0.2) is 4.79 Å². The van der Waals surface area contributed by atoms with Gasteiger partial charge in [-0.3, -0.25) is 25.1 Å². The summed E-state index contributed by atoms with van der Waals surface area (Å²) in [5.74, 6) is -1.38. The molecule has 7 nitrogen and oxygen atoms in total. The number of aliphatic hydroxyl groups is 1. The van der Waals surface area contributed by atoms with E-state index >= 15 is 0 Å². The number of aliphatic hydroxyl groups excluding tert-OH is 1. The SMILES string of the molecule is O=C1NC(=O)C(c2ccc(Cl)cc2)(N2CCC(O)CC2)C(=O)N1. The van der Waals surface area contributed by atoms with Crippen molar-refractivity contribution in [2.45, 2.75) is 24.5 Å². The first-order valence-corrected chi connectivity index (χ1v) is 7.68. The van der Waals surface area contributed by atoms with Crippen molar-refractivity contribution in [2.75, 3.05) is 13.1 Å². The second-order valence-corrected chi connectivity index (χ2v) is 6.11. The fourth-order valence-electron chi connectivity index (χ4n) is 3.15. The average molecular weight is 338 g/mol. The van der Waals surface area contributed by atoms with Gasteiger partial charge in [-0.05, 0) is 30.5 Å². The van der Waals surface area contributed by atoms with Crippen LogP contribution in [0, 0.1) is 0 Å². The molecule has 0 aromatic heterocycles. The molecule has 1 aromatic rings. The number of amides is 4. The van der Waals surface area contributed by atoms with Crippen molar-refractivity contribution in [1.29, 1.82) is 0 Å². The lowest BCUT2D eigenvalue weighted by molar-refractivity contribution is -0.150. The number of carbonyl (C=O) groups is 3. The summed E-state index contributed by atoms with van der Waals surface area (Å²) in [4.78, 5) is 38.5. The Morgan fingerprint density at radius 3 is 2.09 bits per heavy atom. The van der Waals surface area contributed by atoms with Crippen molar-refractivity contribution in [3.63, 3.8) is 0 Å². The molecule has 0 unspecified atom stereocenters. The van der Waals surface area contributed by atoms with Crippen LogP contribution >= 0.6 is 11.6 Å². The first kappa shape index (κ1) is 15.9. The second-order valence-electron chi connectivity index (χ2n) is 5.67. The highest BCUT2D eigenvalue weighted by atomic mass is 35.5. The van der Waals surface area contributed by atoms with E-state index in [4.69, 9.17) is 11.6 Å². The van der Waals surface area contributed by atoms with Crippen LogP contribution in [0.5, 0.6) is 0 Å². The lowest BCUT2D eigenvalue weighted by atomic mass is 9.83. The largest absolute Gasteiger partial charge is 0.393 e. The third kappa shape index (κ3) is 2.60. The number of rotatable bonds is 2. The Morgan fingerprint density at radius 1 is 1.04 bits per heavy atom. The number of nitrogens with zero attached hydrogens (tertiary/aromatic N) is 1. The van der Waals surface area contributed by atoms with E-state index in [2.05, 4.69) is 10.6 Å². The fraction of sp³-hybridized carbons (Fsp3) is 0.400. The van der Waals surface area contributed by atoms with Gasteiger partial charge in [-0.2, -0.15) is 0 Å². The Kier molecular flexibility index (Phi) is 4.09. The molecule has 2 heterocycles. The highest BCUT2D eigenvalue weighted by Crippen LogP contribution is 2.34. The molecule has 2 saturated heterocycles. The van der Waals surface area contributed by atoms with Crippen LogP contribution in [0.25, 0.3) is 0 Å². The van der Waals surface area contributed by atoms with Gasteiger partial charge in [0.1, 0.15) is 0 Å². The summed E-state index contributed by atoms with van der Waals surface area (Å²) in [7, 11) is 0. The number of urea groups is 1. The standard InChI is InChI=1S/C15H16ClN3O4/c16-10-3-1-9(2-4-10)15(19-7-5-11(20)6-8-19)12(21)17-14(23)18-13(15)22/h1-4,11,20H,5-8H2,(H2,17,18,21,22,23). The molecule has 4 amide bonds. The topological polar surface area (TPSA) is 98.7 Å². The van der Waals surface area contributed by atoms with Crippen molar-refractivity contribution < 1.29 is 19.5 Å². The van der Waals surface area contributed by atoms with Crippen molar-refractivity contribution in [3.05, 3.63) is 34.9 Å². The second kappa shape index (κ2) is 5.92. The lowest BCUT2D eigenvalue weighted by Gasteiger charge is -2.45. The van der Waals surface area contributed by atoms with Gasteiger partial charge in [0.15, 0.2) is 0 Å². The number of piperidine rings is 1. The zero-order chi connectivity index (χ0) is 16.6. The van der Waals surface area contributed by atoms with Gasteiger partial charge in [-0.1, -0.05) is 23.7 Å². The van der Waals surface area contributed by atoms with Crippen LogP contribution in [0.1, 0.15) is 18.4 Å². The molecule has 0 atom stereocenters. The van der Waals surface area contributed by atoms with E-state index in [1.165, 1.54) is 0 Å². The molecule has 1 aromatic carbocycles. The Balaban J connectivity index is 2.09. The van der Waals surface area contributed by atoms with E-state index in [1.807, 2.05) is 0 Å². The van der Waals surface area contributed by atoms with E-state index in [0.717, 1.165) is 0 Å². The van der Waals surface area contributed by atoms with Crippen LogP contribution in [0.3, 0.4) is 0 Å². The molecule has 122 valence electrons. The first-order chi connectivity index (χ1) is 10.9. The number of hydrogen-bond donors (Lipinski definition) is 3. The van der Waals surface area contributed by atoms with Crippen LogP contribution in [-0.4, -0.2) is 47.0 Å². The molecule has 8 heteroatoms. The van der Waals surface area contributed by atoms with Crippen molar-refractivity contribution in [3.8, 4) is 0 Å². The molecule has 23 heavy (non-hydrogen) atoms. The summed E-state index contributed by atoms with van der Waals surface area (Å²) >= 11 is 5.89. The van der Waals surface area contributed by atoms with E-state index < -0.39 is 29.5 Å². The van der Waals surface area contributed by atoms with Crippen molar-refractivity contribution in [2.24, 2.45) is 0 Å². The number of halogens is 1. The number of nitrogens with one attached hydrogen (secondary N) is 2. The quantitative estimate of drug-likeness (QED) is 0.677. The Hall–Kier alpha value is -1.96. The van der Waals surface area contributed by atoms with E-state index in [-0.39, 0.29) is 0 Å². The zero-order valence-electron chi connectivity index (χ0n) is 12.2. The molecule has 0 saturated carbocycles. The van der Waals surface area contributed by atoms with E-state index in [9.17, 15) is 19.5 Å². The first-order valence-electron chi connectivity index (χ1n) is 7.30. The molecule has 2 aliphatic heterocycles. The minimum Gasteiger partial charge on any atom is -0.393 e. The Labute approximate surface area is 137 Å². The highest BCUT2D eigenvalue weighted by molar-refractivity contribution is 6.30. The lowest BCUT2D eigenvalue weighted by Crippen LogP contribution is -2.71. The van der Waals surface area contributed by atoms with Gasteiger partial charge in [0.2, 0.25) is 5.54 Å². The third-order valence-corrected chi connectivity index (χ3v) is 4.56. The number of hydrogen-bond acceptors (Lipinski definition) is 5. The maximum Gasteiger partial charge on any atom is 0.328 e. The van der Waals surface area contributed by atoms with Crippen molar-refractivity contribution >= 4 is 29.4 Å². The smallest absolute Gasteiger partial charge is 0.328 e. The molecule has 3 rings (SSSR count). The molecule has 0 aliphatic carbocycles. The minimum atomic E-state index is -1.64. The summed E-state index contributed by atoms with van der Waals surface area (Å²) in [6.45, 7) is 0.720. The molecular formula is C15H16ClN3O4. The molecule has 3 N–H and O–H groups in total. The third-order valence-electron chi connectivity index (χ3n) is 4.31. The molecule has 2 fully saturated rings. The van der Waals surface area contributed by atoms with Gasteiger partial charge in [0.25, 0.3) is 11.8 Å². The summed E-state index contributed by atoms with van der Waals surface area (Å²) in [6.07, 6.45) is 0.443. The maximum absolute atomic E-state index is 12.7. The van der Waals surface area contributed by atoms with Crippen LogP contribution in [0.15, 0.2) is 24.3 Å². The summed E-state index contributed by atoms with van der Waals surface area (Å²) in [6, 6.07) is 5.55. The van der Waals surface area contributed by atoms with Crippen LogP contribution in [0.4, 0.5) is 4.79 Å². The maximum atomic E-state index is 12.7. The van der Waals surface area contributed by atoms with Gasteiger partial charge in [0.05, 0.1) is 6.10 Å². The van der Waals surface area contributed by atoms with Crippen LogP contribution in [-0.2, 0) is 15.1 Å². The summed E-state index contributed by atoms with van der Waals surface area (Å²) < 4.78 is 0. The molecule has 0 radical (unpaired) electrons. The van der Waals surface area contributed by atoms with Gasteiger partial charge in [0, 0.05) is 18.1 Å². The van der Waals surface area contributed by atoms with Gasteiger partial charge >= 0.3 is 6.03 Å². The van der Waals surface area contributed by atoms with Crippen molar-refractivity contribution in [1.82, 2.24) is 15.5 Å². The van der Waals surface area contributed by atoms with Crippen LogP contribution in [0.2, 0.25) is 5.02 Å². The minimum absolute atomic E-state index is 0.360. The average Bonchev–Trinajstić information content (AvgIpc) is 2.50. The predicted octanol–water partition coefficient (Wildman–Crippen LogP) is 0.358. The highest BCUT2D eigenvalue weighted by Gasteiger charge is 2.56. The van der Waals surface area contributed by atoms with Gasteiger partial charge < -0.3 is 5.11 Å². The Bertz CT molecular complexity index is 633. The van der Waals surface area contributed by atoms with E-state index in [1.54, 1.807) is 29.2 Å². The van der Waals surface area contributed by atoms with E-state index in [0.29, 0.717) is 36.5 Å². The number of likely N-dealkylation sites (tertiary alicyclic amines) is 1. The number of benzene rings is 1.